The molecule has 24 heavy (non-hydrogen) atoms. The minimum absolute atomic E-state index is 0. The van der Waals surface area contributed by atoms with Crippen LogP contribution in [0.4, 0.5) is 0 Å². The van der Waals surface area contributed by atoms with E-state index < -0.39 is 0 Å². The summed E-state index contributed by atoms with van der Waals surface area (Å²) in [7, 11) is 0. The van der Waals surface area contributed by atoms with Gasteiger partial charge in [-0.2, -0.15) is 0 Å². The third-order valence-electron chi connectivity index (χ3n) is 4.50. The molecule has 0 saturated carbocycles. The van der Waals surface area contributed by atoms with Gasteiger partial charge in [-0.1, -0.05) is 6.92 Å². The van der Waals surface area contributed by atoms with Gasteiger partial charge in [0.15, 0.2) is 5.82 Å². The van der Waals surface area contributed by atoms with Crippen molar-refractivity contribution >= 4 is 18.3 Å². The van der Waals surface area contributed by atoms with Gasteiger partial charge in [-0.05, 0) is 54.9 Å². The van der Waals surface area contributed by atoms with Gasteiger partial charge in [0, 0.05) is 5.92 Å². The minimum Gasteiger partial charge on any atom is -0.467 e. The van der Waals surface area contributed by atoms with Gasteiger partial charge in [0.25, 0.3) is 0 Å². The number of nitrogens with zero attached hydrogens (tertiary/aromatic N) is 5. The van der Waals surface area contributed by atoms with Crippen molar-refractivity contribution in [2.75, 3.05) is 13.1 Å². The van der Waals surface area contributed by atoms with Crippen LogP contribution in [0.3, 0.4) is 0 Å². The van der Waals surface area contributed by atoms with Crippen molar-refractivity contribution in [2.24, 2.45) is 11.7 Å². The molecular formula is C15H23ClN6O2. The number of carbonyl (C=O) groups excluding carboxylic acids is 1. The highest BCUT2D eigenvalue weighted by molar-refractivity contribution is 5.85. The molecule has 2 N–H and O–H groups in total. The van der Waals surface area contributed by atoms with Crippen LogP contribution >= 0.6 is 12.4 Å². The lowest BCUT2D eigenvalue weighted by Gasteiger charge is -2.35. The van der Waals surface area contributed by atoms with Crippen LogP contribution in [0.5, 0.6) is 0 Å². The van der Waals surface area contributed by atoms with E-state index >= 15 is 0 Å². The summed E-state index contributed by atoms with van der Waals surface area (Å²) in [5, 5.41) is 12.1. The van der Waals surface area contributed by atoms with E-state index in [4.69, 9.17) is 10.2 Å². The Bertz CT molecular complexity index is 636. The number of hydrogen-bond acceptors (Lipinski definition) is 6. The fourth-order valence-electron chi connectivity index (χ4n) is 3.21. The Morgan fingerprint density at radius 1 is 1.46 bits per heavy atom. The Balaban J connectivity index is 0.00000208. The molecule has 0 aromatic carbocycles. The highest BCUT2D eigenvalue weighted by atomic mass is 35.5. The smallest absolute Gasteiger partial charge is 0.220 e. The number of furan rings is 1. The first-order valence-electron chi connectivity index (χ1n) is 8.00. The molecule has 0 spiro atoms. The Morgan fingerprint density at radius 2 is 2.21 bits per heavy atom. The zero-order valence-corrected chi connectivity index (χ0v) is 14.5. The first-order chi connectivity index (χ1) is 11.2. The summed E-state index contributed by atoms with van der Waals surface area (Å²) in [5.41, 5.74) is 5.41. The molecule has 2 aromatic rings. The number of likely N-dealkylation sites (tertiary alicyclic amines) is 1. The summed E-state index contributed by atoms with van der Waals surface area (Å²) in [6.07, 6.45) is 4.14. The van der Waals surface area contributed by atoms with E-state index in [1.165, 1.54) is 0 Å². The van der Waals surface area contributed by atoms with Crippen LogP contribution in [0.15, 0.2) is 22.8 Å². The summed E-state index contributed by atoms with van der Waals surface area (Å²) in [6.45, 7) is 4.31. The van der Waals surface area contributed by atoms with Crippen LogP contribution in [0.2, 0.25) is 0 Å². The van der Waals surface area contributed by atoms with Gasteiger partial charge in [-0.25, -0.2) is 4.68 Å². The van der Waals surface area contributed by atoms with Crippen molar-refractivity contribution in [1.82, 2.24) is 25.1 Å². The number of piperidine rings is 1. The monoisotopic (exact) mass is 354 g/mol. The SMILES string of the molecule is CCC(c1nnnn1Cc1ccco1)N1CCC(C(N)=O)CC1.Cl. The molecule has 1 saturated heterocycles. The van der Waals surface area contributed by atoms with E-state index in [0.29, 0.717) is 6.54 Å². The van der Waals surface area contributed by atoms with Gasteiger partial charge in [0.1, 0.15) is 12.3 Å². The van der Waals surface area contributed by atoms with Gasteiger partial charge < -0.3 is 10.2 Å². The van der Waals surface area contributed by atoms with Crippen LogP contribution in [0.25, 0.3) is 0 Å². The summed E-state index contributed by atoms with van der Waals surface area (Å²) in [4.78, 5) is 13.7. The van der Waals surface area contributed by atoms with Crippen molar-refractivity contribution in [1.29, 1.82) is 0 Å². The van der Waals surface area contributed by atoms with E-state index in [0.717, 1.165) is 43.9 Å². The average molecular weight is 355 g/mol. The molecule has 8 nitrogen and oxygen atoms in total. The number of rotatable bonds is 6. The molecule has 1 fully saturated rings. The maximum Gasteiger partial charge on any atom is 0.220 e. The number of amides is 1. The van der Waals surface area contributed by atoms with Crippen molar-refractivity contribution in [2.45, 2.75) is 38.8 Å². The molecular weight excluding hydrogens is 332 g/mol. The Labute approximate surface area is 146 Å². The number of aromatic nitrogens is 4. The average Bonchev–Trinajstić information content (AvgIpc) is 3.22. The predicted octanol–water partition coefficient (Wildman–Crippen LogP) is 1.38. The summed E-state index contributed by atoms with van der Waals surface area (Å²) < 4.78 is 7.16. The molecule has 1 unspecified atom stereocenters. The first-order valence-corrected chi connectivity index (χ1v) is 8.00. The lowest BCUT2D eigenvalue weighted by Crippen LogP contribution is -2.41. The third kappa shape index (κ3) is 3.93. The molecule has 0 aliphatic carbocycles. The van der Waals surface area contributed by atoms with Gasteiger partial charge in [0.2, 0.25) is 5.91 Å². The van der Waals surface area contributed by atoms with Crippen molar-refractivity contribution < 1.29 is 9.21 Å². The van der Waals surface area contributed by atoms with E-state index in [1.54, 1.807) is 10.9 Å². The number of halogens is 1. The van der Waals surface area contributed by atoms with Crippen molar-refractivity contribution in [3.8, 4) is 0 Å². The number of primary amides is 1. The van der Waals surface area contributed by atoms with Crippen LogP contribution < -0.4 is 5.73 Å². The van der Waals surface area contributed by atoms with Gasteiger partial charge >= 0.3 is 0 Å². The van der Waals surface area contributed by atoms with E-state index in [1.807, 2.05) is 12.1 Å². The largest absolute Gasteiger partial charge is 0.467 e. The van der Waals surface area contributed by atoms with Crippen LogP contribution in [0.1, 0.15) is 43.8 Å². The maximum absolute atomic E-state index is 11.3. The van der Waals surface area contributed by atoms with Gasteiger partial charge in [-0.3, -0.25) is 9.69 Å². The topological polar surface area (TPSA) is 103 Å². The van der Waals surface area contributed by atoms with Crippen molar-refractivity contribution in [3.05, 3.63) is 30.0 Å². The molecule has 1 atom stereocenters. The molecule has 3 heterocycles. The number of tetrazole rings is 1. The zero-order chi connectivity index (χ0) is 16.2. The lowest BCUT2D eigenvalue weighted by atomic mass is 9.94. The second-order valence-electron chi connectivity index (χ2n) is 5.91. The Morgan fingerprint density at radius 3 is 2.79 bits per heavy atom. The Kier molecular flexibility index (Phi) is 6.33. The molecule has 9 heteroatoms. The Hall–Kier alpha value is -1.93. The minimum atomic E-state index is -0.194. The van der Waals surface area contributed by atoms with Crippen LogP contribution in [-0.4, -0.2) is 44.1 Å². The number of carbonyl (C=O) groups is 1. The zero-order valence-electron chi connectivity index (χ0n) is 13.7. The second kappa shape index (κ2) is 8.25. The molecule has 1 aliphatic heterocycles. The lowest BCUT2D eigenvalue weighted by molar-refractivity contribution is -0.123. The highest BCUT2D eigenvalue weighted by Gasteiger charge is 2.30. The van der Waals surface area contributed by atoms with E-state index in [9.17, 15) is 4.79 Å². The van der Waals surface area contributed by atoms with Crippen molar-refractivity contribution in [3.63, 3.8) is 0 Å². The predicted molar refractivity (Wildman–Crippen MR) is 89.4 cm³/mol. The van der Waals surface area contributed by atoms with Crippen LogP contribution in [-0.2, 0) is 11.3 Å². The number of nitrogens with two attached hydrogens (primary N) is 1. The molecule has 1 aliphatic rings. The molecule has 2 aromatic heterocycles. The fourth-order valence-corrected chi connectivity index (χ4v) is 3.21. The normalized spacial score (nSPS) is 17.4. The van der Waals surface area contributed by atoms with Crippen LogP contribution in [0, 0.1) is 5.92 Å². The fraction of sp³-hybridized carbons (Fsp3) is 0.600. The van der Waals surface area contributed by atoms with Gasteiger partial charge in [0.05, 0.1) is 12.3 Å². The third-order valence-corrected chi connectivity index (χ3v) is 4.50. The molecule has 132 valence electrons. The maximum atomic E-state index is 11.3. The molecule has 0 radical (unpaired) electrons. The highest BCUT2D eigenvalue weighted by Crippen LogP contribution is 2.28. The quantitative estimate of drug-likeness (QED) is 0.840. The summed E-state index contributed by atoms with van der Waals surface area (Å²) in [5.74, 6) is 1.45. The second-order valence-corrected chi connectivity index (χ2v) is 5.91. The summed E-state index contributed by atoms with van der Waals surface area (Å²) >= 11 is 0. The first kappa shape index (κ1) is 18.4. The number of hydrogen-bond donors (Lipinski definition) is 1. The molecule has 1 amide bonds. The van der Waals surface area contributed by atoms with E-state index in [2.05, 4.69) is 27.3 Å². The van der Waals surface area contributed by atoms with Gasteiger partial charge in [-0.15, -0.1) is 17.5 Å². The molecule has 3 rings (SSSR count). The standard InChI is InChI=1S/C15H22N6O2.ClH/c1-2-13(20-7-5-11(6-8-20)14(16)22)15-17-18-19-21(15)10-12-4-3-9-23-12;/h3-4,9,11,13H,2,5-8,10H2,1H3,(H2,16,22);1H. The van der Waals surface area contributed by atoms with E-state index in [-0.39, 0.29) is 30.3 Å². The summed E-state index contributed by atoms with van der Waals surface area (Å²) in [6, 6.07) is 3.89. The molecule has 0 bridgehead atoms.